The zero-order chi connectivity index (χ0) is 18.6. The van der Waals surface area contributed by atoms with Crippen LogP contribution in [0.4, 0.5) is 17.5 Å². The fraction of sp³-hybridized carbons (Fsp3) is 0.238. The third-order valence-corrected chi connectivity index (χ3v) is 4.26. The molecular formula is C21H22N4O2. The summed E-state index contributed by atoms with van der Waals surface area (Å²) < 4.78 is 11.2. The molecule has 0 saturated carbocycles. The van der Waals surface area contributed by atoms with Gasteiger partial charge in [-0.1, -0.05) is 30.3 Å². The van der Waals surface area contributed by atoms with Crippen LogP contribution in [0.2, 0.25) is 0 Å². The fourth-order valence-corrected chi connectivity index (χ4v) is 2.98. The van der Waals surface area contributed by atoms with Crippen LogP contribution < -0.4 is 19.7 Å². The maximum Gasteiger partial charge on any atom is 0.227 e. The molecule has 1 aliphatic rings. The first kappa shape index (κ1) is 17.1. The summed E-state index contributed by atoms with van der Waals surface area (Å²) in [6.07, 6.45) is 0. The summed E-state index contributed by atoms with van der Waals surface area (Å²) in [5, 5.41) is 3.34. The number of anilines is 3. The van der Waals surface area contributed by atoms with E-state index in [0.717, 1.165) is 35.2 Å². The van der Waals surface area contributed by atoms with Crippen LogP contribution in [0.15, 0.2) is 54.6 Å². The molecule has 4 rings (SSSR count). The van der Waals surface area contributed by atoms with Crippen LogP contribution in [0, 0.1) is 6.92 Å². The quantitative estimate of drug-likeness (QED) is 0.742. The van der Waals surface area contributed by atoms with Crippen LogP contribution in [-0.4, -0.2) is 30.2 Å². The van der Waals surface area contributed by atoms with Gasteiger partial charge < -0.3 is 19.7 Å². The van der Waals surface area contributed by atoms with E-state index in [9.17, 15) is 0 Å². The lowest BCUT2D eigenvalue weighted by Gasteiger charge is -2.20. The van der Waals surface area contributed by atoms with Gasteiger partial charge in [-0.05, 0) is 24.6 Å². The maximum absolute atomic E-state index is 5.65. The zero-order valence-electron chi connectivity index (χ0n) is 15.5. The van der Waals surface area contributed by atoms with Gasteiger partial charge in [-0.15, -0.1) is 0 Å². The summed E-state index contributed by atoms with van der Waals surface area (Å²) in [4.78, 5) is 11.3. The summed E-state index contributed by atoms with van der Waals surface area (Å²) in [7, 11) is 2.00. The number of aryl methyl sites for hydroxylation is 1. The minimum Gasteiger partial charge on any atom is -0.486 e. The Kier molecular flexibility index (Phi) is 4.78. The molecule has 1 aliphatic heterocycles. The molecule has 0 fully saturated rings. The predicted molar refractivity (Wildman–Crippen MR) is 106 cm³/mol. The van der Waals surface area contributed by atoms with E-state index in [1.807, 2.05) is 61.3 Å². The first-order chi connectivity index (χ1) is 13.2. The highest BCUT2D eigenvalue weighted by molar-refractivity contribution is 5.62. The topological polar surface area (TPSA) is 59.5 Å². The molecule has 6 nitrogen and oxygen atoms in total. The van der Waals surface area contributed by atoms with E-state index in [1.165, 1.54) is 5.56 Å². The van der Waals surface area contributed by atoms with Gasteiger partial charge >= 0.3 is 0 Å². The Hall–Kier alpha value is -3.28. The van der Waals surface area contributed by atoms with E-state index in [2.05, 4.69) is 27.4 Å². The molecule has 2 heterocycles. The van der Waals surface area contributed by atoms with Gasteiger partial charge in [0.2, 0.25) is 5.95 Å². The van der Waals surface area contributed by atoms with Crippen molar-refractivity contribution in [2.75, 3.05) is 30.5 Å². The third-order valence-electron chi connectivity index (χ3n) is 4.26. The SMILES string of the molecule is Cc1cc(Nc2ccc3c(c2)OCCO3)nc(N(C)Cc2ccccc2)n1. The highest BCUT2D eigenvalue weighted by atomic mass is 16.6. The summed E-state index contributed by atoms with van der Waals surface area (Å²) in [5.41, 5.74) is 3.01. The Morgan fingerprint density at radius 2 is 1.74 bits per heavy atom. The second kappa shape index (κ2) is 7.53. The zero-order valence-corrected chi connectivity index (χ0v) is 15.5. The third kappa shape index (κ3) is 4.11. The molecule has 0 atom stereocenters. The Bertz CT molecular complexity index is 931. The van der Waals surface area contributed by atoms with E-state index in [4.69, 9.17) is 9.47 Å². The number of ether oxygens (including phenoxy) is 2. The molecule has 0 unspecified atom stereocenters. The molecule has 0 amide bonds. The smallest absolute Gasteiger partial charge is 0.227 e. The van der Waals surface area contributed by atoms with E-state index in [-0.39, 0.29) is 0 Å². The summed E-state index contributed by atoms with van der Waals surface area (Å²) in [6.45, 7) is 3.86. The Balaban J connectivity index is 1.53. The molecule has 0 saturated heterocycles. The Morgan fingerprint density at radius 1 is 0.963 bits per heavy atom. The molecule has 6 heteroatoms. The Morgan fingerprint density at radius 3 is 2.56 bits per heavy atom. The van der Waals surface area contributed by atoms with E-state index in [0.29, 0.717) is 19.2 Å². The predicted octanol–water partition coefficient (Wildman–Crippen LogP) is 3.94. The minimum absolute atomic E-state index is 0.567. The molecule has 0 radical (unpaired) electrons. The number of aromatic nitrogens is 2. The monoisotopic (exact) mass is 362 g/mol. The Labute approximate surface area is 158 Å². The molecule has 27 heavy (non-hydrogen) atoms. The number of nitrogens with zero attached hydrogens (tertiary/aromatic N) is 3. The summed E-state index contributed by atoms with van der Waals surface area (Å²) in [6, 6.07) is 18.0. The average molecular weight is 362 g/mol. The molecule has 138 valence electrons. The highest BCUT2D eigenvalue weighted by Gasteiger charge is 2.13. The number of benzene rings is 2. The highest BCUT2D eigenvalue weighted by Crippen LogP contribution is 2.33. The number of nitrogens with one attached hydrogen (secondary N) is 1. The van der Waals surface area contributed by atoms with Crippen LogP contribution in [0.3, 0.4) is 0 Å². The van der Waals surface area contributed by atoms with E-state index in [1.54, 1.807) is 0 Å². The second-order valence-corrected chi connectivity index (χ2v) is 6.52. The van der Waals surface area contributed by atoms with E-state index < -0.39 is 0 Å². The summed E-state index contributed by atoms with van der Waals surface area (Å²) >= 11 is 0. The maximum atomic E-state index is 5.65. The van der Waals surface area contributed by atoms with Gasteiger partial charge in [0.05, 0.1) is 0 Å². The first-order valence-corrected chi connectivity index (χ1v) is 8.95. The number of hydrogen-bond acceptors (Lipinski definition) is 6. The van der Waals surface area contributed by atoms with Crippen LogP contribution in [0.25, 0.3) is 0 Å². The van der Waals surface area contributed by atoms with Crippen LogP contribution in [0.5, 0.6) is 11.5 Å². The molecule has 1 N–H and O–H groups in total. The van der Waals surface area contributed by atoms with Gasteiger partial charge in [0.1, 0.15) is 19.0 Å². The van der Waals surface area contributed by atoms with Gasteiger partial charge in [0.25, 0.3) is 0 Å². The second-order valence-electron chi connectivity index (χ2n) is 6.52. The fourth-order valence-electron chi connectivity index (χ4n) is 2.98. The van der Waals surface area contributed by atoms with Gasteiger partial charge in [-0.25, -0.2) is 4.98 Å². The standard InChI is InChI=1S/C21H22N4O2/c1-15-12-20(23-17-8-9-18-19(13-17)27-11-10-26-18)24-21(22-15)25(2)14-16-6-4-3-5-7-16/h3-9,12-13H,10-11,14H2,1-2H3,(H,22,23,24). The number of hydrogen-bond donors (Lipinski definition) is 1. The van der Waals surface area contributed by atoms with Crippen LogP contribution >= 0.6 is 0 Å². The van der Waals surface area contributed by atoms with Crippen molar-refractivity contribution < 1.29 is 9.47 Å². The largest absolute Gasteiger partial charge is 0.486 e. The lowest BCUT2D eigenvalue weighted by molar-refractivity contribution is 0.171. The van der Waals surface area contributed by atoms with Crippen molar-refractivity contribution in [3.05, 3.63) is 65.9 Å². The molecule has 0 spiro atoms. The van der Waals surface area contributed by atoms with Gasteiger partial charge in [0, 0.05) is 37.1 Å². The molecule has 3 aromatic rings. The molecular weight excluding hydrogens is 340 g/mol. The van der Waals surface area contributed by atoms with Crippen molar-refractivity contribution in [3.63, 3.8) is 0 Å². The van der Waals surface area contributed by atoms with Gasteiger partial charge in [0.15, 0.2) is 11.5 Å². The normalized spacial score (nSPS) is 12.5. The first-order valence-electron chi connectivity index (χ1n) is 8.95. The van der Waals surface area contributed by atoms with Gasteiger partial charge in [-0.3, -0.25) is 0 Å². The lowest BCUT2D eigenvalue weighted by Crippen LogP contribution is -2.20. The number of rotatable bonds is 5. The van der Waals surface area contributed by atoms with Crippen molar-refractivity contribution in [3.8, 4) is 11.5 Å². The van der Waals surface area contributed by atoms with Crippen LogP contribution in [-0.2, 0) is 6.54 Å². The molecule has 0 aliphatic carbocycles. The van der Waals surface area contributed by atoms with Crippen molar-refractivity contribution in [2.45, 2.75) is 13.5 Å². The molecule has 2 aromatic carbocycles. The van der Waals surface area contributed by atoms with E-state index >= 15 is 0 Å². The van der Waals surface area contributed by atoms with Crippen molar-refractivity contribution in [2.24, 2.45) is 0 Å². The number of fused-ring (bicyclic) bond motifs is 1. The lowest BCUT2D eigenvalue weighted by atomic mass is 10.2. The van der Waals surface area contributed by atoms with Crippen molar-refractivity contribution in [1.29, 1.82) is 0 Å². The van der Waals surface area contributed by atoms with Gasteiger partial charge in [-0.2, -0.15) is 4.98 Å². The molecule has 0 bridgehead atoms. The van der Waals surface area contributed by atoms with Crippen molar-refractivity contribution in [1.82, 2.24) is 9.97 Å². The average Bonchev–Trinajstić information content (AvgIpc) is 2.68. The van der Waals surface area contributed by atoms with Crippen molar-refractivity contribution >= 4 is 17.5 Å². The minimum atomic E-state index is 0.567. The summed E-state index contributed by atoms with van der Waals surface area (Å²) in [5.74, 6) is 2.94. The molecule has 1 aromatic heterocycles. The van der Waals surface area contributed by atoms with Crippen LogP contribution in [0.1, 0.15) is 11.3 Å².